The fourth-order valence-electron chi connectivity index (χ4n) is 3.43. The Hall–Kier alpha value is -3.57. The molecule has 1 aliphatic rings. The highest BCUT2D eigenvalue weighted by Crippen LogP contribution is 2.39. The van der Waals surface area contributed by atoms with Crippen LogP contribution in [0.25, 0.3) is 22.2 Å². The van der Waals surface area contributed by atoms with Gasteiger partial charge < -0.3 is 8.83 Å². The minimum atomic E-state index is -0.550. The van der Waals surface area contributed by atoms with E-state index in [4.69, 9.17) is 14.2 Å². The maximum Gasteiger partial charge on any atom is 0.332 e. The van der Waals surface area contributed by atoms with E-state index < -0.39 is 11.9 Å². The fraction of sp³-hybridized carbons (Fsp3) is 0.174. The van der Waals surface area contributed by atoms with Gasteiger partial charge in [0.2, 0.25) is 11.8 Å². The molecule has 5 rings (SSSR count). The number of para-hydroxylation sites is 4. The summed E-state index contributed by atoms with van der Waals surface area (Å²) in [7, 11) is 2.88. The zero-order chi connectivity index (χ0) is 23.8. The number of nitrogens with zero attached hydrogens (tertiary/aromatic N) is 4. The van der Waals surface area contributed by atoms with E-state index in [1.54, 1.807) is 0 Å². The van der Waals surface area contributed by atoms with Crippen LogP contribution in [0.15, 0.2) is 67.2 Å². The molecule has 0 radical (unpaired) electrons. The minimum absolute atomic E-state index is 0.145. The molecule has 0 atom stereocenters. The Morgan fingerprint density at radius 1 is 0.853 bits per heavy atom. The maximum absolute atomic E-state index is 13.0. The number of imide groups is 1. The lowest BCUT2D eigenvalue weighted by Crippen LogP contribution is -2.53. The molecular weight excluding hydrogens is 474 g/mol. The average Bonchev–Trinajstić information content (AvgIpc) is 3.46. The van der Waals surface area contributed by atoms with Gasteiger partial charge in [-0.3, -0.25) is 20.0 Å². The van der Waals surface area contributed by atoms with Crippen molar-refractivity contribution in [3.05, 3.63) is 70.1 Å². The zero-order valence-electron chi connectivity index (χ0n) is 18.3. The predicted octanol–water partition coefficient (Wildman–Crippen LogP) is 4.85. The molecule has 172 valence electrons. The third-order valence-electron chi connectivity index (χ3n) is 5.20. The molecule has 1 saturated heterocycles. The summed E-state index contributed by atoms with van der Waals surface area (Å²) in [5.74, 6) is 1.00. The number of nitrogens with one attached hydrogen (secondary N) is 1. The first-order valence-corrected chi connectivity index (χ1v) is 12.2. The first-order valence-electron chi connectivity index (χ1n) is 10.3. The number of urea groups is 1. The third-order valence-corrected chi connectivity index (χ3v) is 7.62. The van der Waals surface area contributed by atoms with E-state index in [0.717, 1.165) is 20.8 Å². The minimum Gasteiger partial charge on any atom is -0.440 e. The molecule has 1 fully saturated rings. The van der Waals surface area contributed by atoms with Crippen LogP contribution in [0.1, 0.15) is 11.8 Å². The second-order valence-electron chi connectivity index (χ2n) is 7.44. The van der Waals surface area contributed by atoms with Gasteiger partial charge in [0.05, 0.1) is 15.7 Å². The highest BCUT2D eigenvalue weighted by Gasteiger charge is 2.38. The number of likely N-dealkylation sites (N-methyl/N-ethyl adjacent to an activating group) is 2. The van der Waals surface area contributed by atoms with E-state index in [1.165, 1.54) is 37.6 Å². The SMILES string of the molecule is CN1C(=N)C(=C(SCc2nc3ccccc3o2)SCc2nc3ccccc3o2)C(=O)N(C)C1=O. The zero-order valence-corrected chi connectivity index (χ0v) is 19.9. The van der Waals surface area contributed by atoms with Crippen molar-refractivity contribution < 1.29 is 18.4 Å². The Bertz CT molecular complexity index is 1300. The normalized spacial score (nSPS) is 14.6. The van der Waals surface area contributed by atoms with Crippen LogP contribution in [0, 0.1) is 5.41 Å². The largest absolute Gasteiger partial charge is 0.440 e. The monoisotopic (exact) mass is 493 g/mol. The number of thioether (sulfide) groups is 2. The van der Waals surface area contributed by atoms with Crippen molar-refractivity contribution in [1.82, 2.24) is 19.8 Å². The number of amidine groups is 1. The van der Waals surface area contributed by atoms with Crippen LogP contribution in [0.4, 0.5) is 4.79 Å². The van der Waals surface area contributed by atoms with Gasteiger partial charge in [-0.2, -0.15) is 0 Å². The average molecular weight is 494 g/mol. The van der Waals surface area contributed by atoms with Crippen LogP contribution in [-0.4, -0.2) is 51.6 Å². The van der Waals surface area contributed by atoms with E-state index in [-0.39, 0.29) is 11.4 Å². The van der Waals surface area contributed by atoms with Crippen LogP contribution in [0.3, 0.4) is 0 Å². The summed E-state index contributed by atoms with van der Waals surface area (Å²) in [4.78, 5) is 36.4. The Balaban J connectivity index is 1.46. The standard InChI is InChI=1S/C23H19N5O4S2/c1-27-20(24)19(21(29)28(2)23(27)30)22(33-11-17-25-13-7-3-5-9-15(13)31-17)34-12-18-26-14-8-4-6-10-16(14)32-18/h3-10,24H,11-12H2,1-2H3. The molecule has 1 aliphatic heterocycles. The number of hydrogen-bond donors (Lipinski definition) is 1. The Morgan fingerprint density at radius 2 is 1.35 bits per heavy atom. The van der Waals surface area contributed by atoms with Crippen molar-refractivity contribution in [2.24, 2.45) is 0 Å². The topological polar surface area (TPSA) is 117 Å². The maximum atomic E-state index is 13.0. The number of oxazole rings is 2. The summed E-state index contributed by atoms with van der Waals surface area (Å²) in [5.41, 5.74) is 3.00. The molecule has 3 amide bonds. The van der Waals surface area contributed by atoms with Crippen molar-refractivity contribution >= 4 is 63.5 Å². The first kappa shape index (κ1) is 22.2. The number of rotatable bonds is 6. The summed E-state index contributed by atoms with van der Waals surface area (Å²) in [6.07, 6.45) is 0. The van der Waals surface area contributed by atoms with E-state index >= 15 is 0 Å². The number of aromatic nitrogens is 2. The van der Waals surface area contributed by atoms with Crippen LogP contribution < -0.4 is 0 Å². The molecule has 4 aromatic rings. The van der Waals surface area contributed by atoms with Gasteiger partial charge in [-0.1, -0.05) is 24.3 Å². The molecule has 1 N–H and O–H groups in total. The molecule has 9 nitrogen and oxygen atoms in total. The quantitative estimate of drug-likeness (QED) is 0.379. The Morgan fingerprint density at radius 3 is 1.85 bits per heavy atom. The molecule has 0 spiro atoms. The summed E-state index contributed by atoms with van der Waals surface area (Å²) in [6.45, 7) is 0. The fourth-order valence-corrected chi connectivity index (χ4v) is 5.53. The van der Waals surface area contributed by atoms with E-state index in [0.29, 0.717) is 38.7 Å². The smallest absolute Gasteiger partial charge is 0.332 e. The van der Waals surface area contributed by atoms with Crippen LogP contribution in [-0.2, 0) is 16.3 Å². The highest BCUT2D eigenvalue weighted by molar-refractivity contribution is 8.21. The number of benzene rings is 2. The number of carbonyl (C=O) groups excluding carboxylic acids is 2. The van der Waals surface area contributed by atoms with Gasteiger partial charge in [0.15, 0.2) is 11.2 Å². The van der Waals surface area contributed by atoms with E-state index in [1.807, 2.05) is 48.5 Å². The first-order chi connectivity index (χ1) is 16.4. The number of amides is 3. The molecule has 34 heavy (non-hydrogen) atoms. The van der Waals surface area contributed by atoms with Crippen molar-refractivity contribution in [3.8, 4) is 0 Å². The molecule has 0 bridgehead atoms. The van der Waals surface area contributed by atoms with Crippen molar-refractivity contribution in [2.75, 3.05) is 14.1 Å². The van der Waals surface area contributed by atoms with Gasteiger partial charge in [-0.25, -0.2) is 14.8 Å². The molecule has 0 aliphatic carbocycles. The van der Waals surface area contributed by atoms with Gasteiger partial charge in [-0.15, -0.1) is 23.5 Å². The second kappa shape index (κ2) is 8.99. The summed E-state index contributed by atoms with van der Waals surface area (Å²) in [6, 6.07) is 14.4. The van der Waals surface area contributed by atoms with Gasteiger partial charge in [0, 0.05) is 14.1 Å². The van der Waals surface area contributed by atoms with E-state index in [9.17, 15) is 9.59 Å². The second-order valence-corrected chi connectivity index (χ2v) is 9.67. The molecule has 11 heteroatoms. The molecule has 3 heterocycles. The predicted molar refractivity (Wildman–Crippen MR) is 131 cm³/mol. The lowest BCUT2D eigenvalue weighted by Gasteiger charge is -2.32. The molecule has 2 aromatic carbocycles. The van der Waals surface area contributed by atoms with E-state index in [2.05, 4.69) is 9.97 Å². The molecule has 2 aromatic heterocycles. The lowest BCUT2D eigenvalue weighted by atomic mass is 10.2. The molecule has 0 unspecified atom stereocenters. The van der Waals surface area contributed by atoms with Crippen LogP contribution in [0.2, 0.25) is 0 Å². The third kappa shape index (κ3) is 4.08. The van der Waals surface area contributed by atoms with Gasteiger partial charge in [0.1, 0.15) is 22.4 Å². The van der Waals surface area contributed by atoms with Crippen LogP contribution >= 0.6 is 23.5 Å². The van der Waals surface area contributed by atoms with Gasteiger partial charge >= 0.3 is 6.03 Å². The van der Waals surface area contributed by atoms with Crippen molar-refractivity contribution in [1.29, 1.82) is 5.41 Å². The Labute approximate surface area is 202 Å². The van der Waals surface area contributed by atoms with Crippen molar-refractivity contribution in [3.63, 3.8) is 0 Å². The number of fused-ring (bicyclic) bond motifs is 2. The van der Waals surface area contributed by atoms with Crippen molar-refractivity contribution in [2.45, 2.75) is 11.5 Å². The highest BCUT2D eigenvalue weighted by atomic mass is 32.2. The Kier molecular flexibility index (Phi) is 5.88. The van der Waals surface area contributed by atoms with Gasteiger partial charge in [-0.05, 0) is 24.3 Å². The molecule has 0 saturated carbocycles. The lowest BCUT2D eigenvalue weighted by molar-refractivity contribution is -0.123. The van der Waals surface area contributed by atoms with Crippen LogP contribution in [0.5, 0.6) is 0 Å². The summed E-state index contributed by atoms with van der Waals surface area (Å²) in [5, 5.41) is 8.47. The summed E-state index contributed by atoms with van der Waals surface area (Å²) >= 11 is 2.65. The molecular formula is C23H19N5O4S2. The van der Waals surface area contributed by atoms with Gasteiger partial charge in [0.25, 0.3) is 5.91 Å². The summed E-state index contributed by atoms with van der Waals surface area (Å²) < 4.78 is 12.2. The number of carbonyl (C=O) groups is 2. The number of hydrogen-bond acceptors (Lipinski definition) is 9.